The van der Waals surface area contributed by atoms with E-state index in [4.69, 9.17) is 11.6 Å². The SMILES string of the molecule is Cc1nn(-c2ccc(Cl)nn2)c2c1[C@H](c1ccc3c(c1)n(C)c(=O)n3C)CC(=O)N2. The Morgan fingerprint density at radius 1 is 1.07 bits per heavy atom. The van der Waals surface area contributed by atoms with Gasteiger partial charge in [-0.15, -0.1) is 10.2 Å². The van der Waals surface area contributed by atoms with Crippen molar-refractivity contribution in [1.82, 2.24) is 29.1 Å². The molecule has 5 rings (SSSR count). The average Bonchev–Trinajstić information content (AvgIpc) is 3.17. The number of nitrogens with zero attached hydrogens (tertiary/aromatic N) is 6. The molecule has 0 unspecified atom stereocenters. The van der Waals surface area contributed by atoms with Crippen LogP contribution < -0.4 is 11.0 Å². The molecule has 1 aromatic carbocycles. The predicted octanol–water partition coefficient (Wildman–Crippen LogP) is 2.29. The van der Waals surface area contributed by atoms with E-state index in [9.17, 15) is 9.59 Å². The molecule has 1 N–H and O–H groups in total. The third-order valence-corrected chi connectivity index (χ3v) is 5.84. The first kappa shape index (κ1) is 18.6. The zero-order valence-corrected chi connectivity index (χ0v) is 17.3. The molecule has 9 nitrogen and oxygen atoms in total. The summed E-state index contributed by atoms with van der Waals surface area (Å²) in [6.07, 6.45) is 0.290. The molecule has 0 bridgehead atoms. The van der Waals surface area contributed by atoms with Gasteiger partial charge in [-0.05, 0) is 36.8 Å². The minimum Gasteiger partial charge on any atom is -0.310 e. The van der Waals surface area contributed by atoms with Gasteiger partial charge in [-0.1, -0.05) is 17.7 Å². The summed E-state index contributed by atoms with van der Waals surface area (Å²) in [6, 6.07) is 9.18. The van der Waals surface area contributed by atoms with Crippen LogP contribution in [0.3, 0.4) is 0 Å². The number of anilines is 1. The van der Waals surface area contributed by atoms with E-state index < -0.39 is 0 Å². The summed E-state index contributed by atoms with van der Waals surface area (Å²) in [5.74, 6) is 0.734. The van der Waals surface area contributed by atoms with Crippen LogP contribution in [0.4, 0.5) is 5.82 Å². The van der Waals surface area contributed by atoms with E-state index in [2.05, 4.69) is 20.6 Å². The first-order chi connectivity index (χ1) is 14.3. The Morgan fingerprint density at radius 3 is 2.57 bits per heavy atom. The van der Waals surface area contributed by atoms with Crippen molar-refractivity contribution in [2.24, 2.45) is 14.1 Å². The number of halogens is 1. The summed E-state index contributed by atoms with van der Waals surface area (Å²) in [7, 11) is 3.49. The lowest BCUT2D eigenvalue weighted by molar-refractivity contribution is -0.116. The molecule has 10 heteroatoms. The van der Waals surface area contributed by atoms with Gasteiger partial charge in [-0.2, -0.15) is 9.78 Å². The van der Waals surface area contributed by atoms with Crippen LogP contribution >= 0.6 is 11.6 Å². The van der Waals surface area contributed by atoms with E-state index in [0.717, 1.165) is 27.9 Å². The van der Waals surface area contributed by atoms with Crippen molar-refractivity contribution >= 4 is 34.4 Å². The minimum atomic E-state index is -0.192. The molecule has 0 saturated heterocycles. The van der Waals surface area contributed by atoms with Crippen molar-refractivity contribution < 1.29 is 4.79 Å². The van der Waals surface area contributed by atoms with Crippen molar-refractivity contribution in [1.29, 1.82) is 0 Å². The summed E-state index contributed by atoms with van der Waals surface area (Å²) in [6.45, 7) is 1.90. The van der Waals surface area contributed by atoms with E-state index in [1.165, 1.54) is 0 Å². The Kier molecular flexibility index (Phi) is 4.04. The third-order valence-electron chi connectivity index (χ3n) is 5.64. The van der Waals surface area contributed by atoms with E-state index >= 15 is 0 Å². The number of nitrogens with one attached hydrogen (secondary N) is 1. The van der Waals surface area contributed by atoms with Crippen LogP contribution in [0.2, 0.25) is 5.15 Å². The lowest BCUT2D eigenvalue weighted by atomic mass is 9.85. The molecule has 4 heterocycles. The van der Waals surface area contributed by atoms with Crippen LogP contribution in [0.15, 0.2) is 35.1 Å². The molecular weight excluding hydrogens is 406 g/mol. The quantitative estimate of drug-likeness (QED) is 0.533. The van der Waals surface area contributed by atoms with Gasteiger partial charge in [0.05, 0.1) is 16.7 Å². The molecule has 1 aliphatic heterocycles. The van der Waals surface area contributed by atoms with Crippen molar-refractivity contribution in [3.05, 3.63) is 62.8 Å². The summed E-state index contributed by atoms with van der Waals surface area (Å²) >= 11 is 5.85. The van der Waals surface area contributed by atoms with Crippen LogP contribution in [0.1, 0.15) is 29.2 Å². The first-order valence-corrected chi connectivity index (χ1v) is 9.77. The molecule has 0 aliphatic carbocycles. The second-order valence-corrected chi connectivity index (χ2v) is 7.81. The Hall–Kier alpha value is -3.46. The Labute approximate surface area is 175 Å². The predicted molar refractivity (Wildman–Crippen MR) is 112 cm³/mol. The molecule has 0 spiro atoms. The van der Waals surface area contributed by atoms with Crippen LogP contribution in [0.5, 0.6) is 0 Å². The summed E-state index contributed by atoms with van der Waals surface area (Å²) in [4.78, 5) is 24.9. The van der Waals surface area contributed by atoms with E-state index in [1.54, 1.807) is 40.0 Å². The van der Waals surface area contributed by atoms with Crippen LogP contribution in [0.25, 0.3) is 16.9 Å². The van der Waals surface area contributed by atoms with Crippen LogP contribution in [-0.4, -0.2) is 35.0 Å². The fraction of sp³-hybridized carbons (Fsp3) is 0.250. The molecule has 0 saturated carbocycles. The normalized spacial score (nSPS) is 16.0. The molecule has 152 valence electrons. The number of aryl methyl sites for hydroxylation is 3. The van der Waals surface area contributed by atoms with Gasteiger partial charge in [0, 0.05) is 32.0 Å². The Morgan fingerprint density at radius 2 is 1.83 bits per heavy atom. The molecule has 0 radical (unpaired) electrons. The number of carbonyl (C=O) groups excluding carboxylic acids is 1. The largest absolute Gasteiger partial charge is 0.328 e. The van der Waals surface area contributed by atoms with Gasteiger partial charge < -0.3 is 5.32 Å². The van der Waals surface area contributed by atoms with Crippen molar-refractivity contribution in [3.63, 3.8) is 0 Å². The second-order valence-electron chi connectivity index (χ2n) is 7.43. The lowest BCUT2D eigenvalue weighted by Gasteiger charge is -2.24. The molecular formula is C20H18ClN7O2. The highest BCUT2D eigenvalue weighted by atomic mass is 35.5. The number of carbonyl (C=O) groups is 1. The van der Waals surface area contributed by atoms with Crippen molar-refractivity contribution in [2.45, 2.75) is 19.3 Å². The smallest absolute Gasteiger partial charge is 0.310 e. The summed E-state index contributed by atoms with van der Waals surface area (Å²) < 4.78 is 4.80. The number of hydrogen-bond donors (Lipinski definition) is 1. The molecule has 1 amide bonds. The van der Waals surface area contributed by atoms with E-state index in [0.29, 0.717) is 11.6 Å². The number of aromatic nitrogens is 6. The monoisotopic (exact) mass is 423 g/mol. The molecule has 3 aromatic heterocycles. The Balaban J connectivity index is 1.68. The highest BCUT2D eigenvalue weighted by molar-refractivity contribution is 6.29. The van der Waals surface area contributed by atoms with Crippen molar-refractivity contribution in [3.8, 4) is 5.82 Å². The van der Waals surface area contributed by atoms with E-state index in [-0.39, 0.29) is 29.1 Å². The van der Waals surface area contributed by atoms with Gasteiger partial charge in [0.1, 0.15) is 5.82 Å². The maximum Gasteiger partial charge on any atom is 0.328 e. The highest BCUT2D eigenvalue weighted by Crippen LogP contribution is 2.40. The number of rotatable bonds is 2. The van der Waals surface area contributed by atoms with Crippen LogP contribution in [0, 0.1) is 6.92 Å². The highest BCUT2D eigenvalue weighted by Gasteiger charge is 2.33. The molecule has 30 heavy (non-hydrogen) atoms. The first-order valence-electron chi connectivity index (χ1n) is 9.39. The molecule has 0 fully saturated rings. The number of fused-ring (bicyclic) bond motifs is 2. The number of benzene rings is 1. The second kappa shape index (κ2) is 6.53. The summed E-state index contributed by atoms with van der Waals surface area (Å²) in [5.41, 5.74) is 4.23. The fourth-order valence-electron chi connectivity index (χ4n) is 4.16. The van der Waals surface area contributed by atoms with E-state index in [1.807, 2.05) is 25.1 Å². The maximum atomic E-state index is 12.6. The van der Waals surface area contributed by atoms with Crippen molar-refractivity contribution in [2.75, 3.05) is 5.32 Å². The number of imidazole rings is 1. The third kappa shape index (κ3) is 2.66. The fourth-order valence-corrected chi connectivity index (χ4v) is 4.26. The van der Waals surface area contributed by atoms with Gasteiger partial charge in [-0.3, -0.25) is 13.9 Å². The van der Waals surface area contributed by atoms with Gasteiger partial charge in [0.25, 0.3) is 0 Å². The average molecular weight is 424 g/mol. The zero-order valence-electron chi connectivity index (χ0n) is 16.5. The lowest BCUT2D eigenvalue weighted by Crippen LogP contribution is -2.25. The molecule has 4 aromatic rings. The number of amides is 1. The standard InChI is InChI=1S/C20H18ClN7O2/c1-10-18-12(11-4-5-13-14(8-11)27(3)20(30)26(13)2)9-17(29)22-19(18)28(25-10)16-7-6-15(21)23-24-16/h4-8,12H,9H2,1-3H3,(H,22,29)/t12-/m0/s1. The topological polar surface area (TPSA) is 99.6 Å². The maximum absolute atomic E-state index is 12.6. The minimum absolute atomic E-state index is 0.0884. The Bertz CT molecular complexity index is 1380. The van der Waals surface area contributed by atoms with Crippen LogP contribution in [-0.2, 0) is 18.9 Å². The molecule has 1 aliphatic rings. The summed E-state index contributed by atoms with van der Waals surface area (Å²) in [5, 5.41) is 15.8. The van der Waals surface area contributed by atoms with Gasteiger partial charge in [-0.25, -0.2) is 4.79 Å². The zero-order chi connectivity index (χ0) is 21.2. The van der Waals surface area contributed by atoms with Gasteiger partial charge in [0.2, 0.25) is 5.91 Å². The van der Waals surface area contributed by atoms with Gasteiger partial charge in [0.15, 0.2) is 11.0 Å². The van der Waals surface area contributed by atoms with Gasteiger partial charge >= 0.3 is 5.69 Å². The molecule has 1 atom stereocenters. The number of hydrogen-bond acceptors (Lipinski definition) is 5.